The number of ether oxygens (including phenoxy) is 2. The topological polar surface area (TPSA) is 77.8 Å². The van der Waals surface area contributed by atoms with Crippen molar-refractivity contribution in [2.45, 2.75) is 12.3 Å². The number of benzene rings is 2. The number of anilines is 1. The zero-order chi connectivity index (χ0) is 23.4. The van der Waals surface area contributed by atoms with Crippen LogP contribution in [0.2, 0.25) is 0 Å². The minimum absolute atomic E-state index is 0.124. The zero-order valence-electron chi connectivity index (χ0n) is 16.8. The summed E-state index contributed by atoms with van der Waals surface area (Å²) in [4.78, 5) is 16.9. The molecule has 2 aromatic heterocycles. The number of fused-ring (bicyclic) bond motifs is 1. The maximum Gasteiger partial charge on any atom is 0.340 e. The number of halogens is 4. The number of rotatable bonds is 8. The van der Waals surface area contributed by atoms with E-state index in [0.717, 1.165) is 0 Å². The standard InChI is InChI=1S/C22H16F4N4O3/c23-21(24)22(25,26)13-32-16-9-14(10-17(11-16)33-15-5-2-1-3-6-15)29-20(31)18-12-28-30-8-4-7-27-19(18)30/h1-12,21H,13H2,(H,29,31). The lowest BCUT2D eigenvalue weighted by Crippen LogP contribution is -2.33. The van der Waals surface area contributed by atoms with Gasteiger partial charge < -0.3 is 14.8 Å². The van der Waals surface area contributed by atoms with Crippen LogP contribution in [0.3, 0.4) is 0 Å². The quantitative estimate of drug-likeness (QED) is 0.372. The van der Waals surface area contributed by atoms with Gasteiger partial charge in [0.15, 0.2) is 12.3 Å². The molecule has 1 N–H and O–H groups in total. The highest BCUT2D eigenvalue weighted by molar-refractivity contribution is 6.08. The number of nitrogens with zero attached hydrogens (tertiary/aromatic N) is 3. The molecule has 1 amide bonds. The fourth-order valence-corrected chi connectivity index (χ4v) is 2.84. The van der Waals surface area contributed by atoms with Gasteiger partial charge in [-0.1, -0.05) is 18.2 Å². The first-order valence-electron chi connectivity index (χ1n) is 9.58. The maximum absolute atomic E-state index is 13.3. The molecule has 33 heavy (non-hydrogen) atoms. The van der Waals surface area contributed by atoms with Gasteiger partial charge in [0.25, 0.3) is 5.91 Å². The lowest BCUT2D eigenvalue weighted by atomic mass is 10.2. The molecule has 0 fully saturated rings. The summed E-state index contributed by atoms with van der Waals surface area (Å²) < 4.78 is 63.6. The van der Waals surface area contributed by atoms with Crippen molar-refractivity contribution in [1.29, 1.82) is 0 Å². The van der Waals surface area contributed by atoms with Crippen molar-refractivity contribution < 1.29 is 31.8 Å². The lowest BCUT2D eigenvalue weighted by Gasteiger charge is -2.17. The number of nitrogens with one attached hydrogen (secondary N) is 1. The van der Waals surface area contributed by atoms with E-state index in [0.29, 0.717) is 11.4 Å². The number of amides is 1. The van der Waals surface area contributed by atoms with Crippen molar-refractivity contribution in [2.75, 3.05) is 11.9 Å². The highest BCUT2D eigenvalue weighted by Crippen LogP contribution is 2.32. The van der Waals surface area contributed by atoms with Gasteiger partial charge >= 0.3 is 12.3 Å². The molecule has 0 bridgehead atoms. The second-order valence-electron chi connectivity index (χ2n) is 6.86. The van der Waals surface area contributed by atoms with Gasteiger partial charge in [0.05, 0.1) is 6.20 Å². The fraction of sp³-hybridized carbons (Fsp3) is 0.136. The summed E-state index contributed by atoms with van der Waals surface area (Å²) in [6.45, 7) is -1.55. The summed E-state index contributed by atoms with van der Waals surface area (Å²) in [7, 11) is 0. The molecule has 0 spiro atoms. The Bertz CT molecular complexity index is 1260. The third kappa shape index (κ3) is 5.20. The Morgan fingerprint density at radius 1 is 1.06 bits per heavy atom. The number of alkyl halides is 4. The molecule has 4 aromatic rings. The van der Waals surface area contributed by atoms with Crippen LogP contribution in [-0.4, -0.2) is 39.5 Å². The van der Waals surface area contributed by atoms with Crippen LogP contribution >= 0.6 is 0 Å². The molecule has 0 aliphatic heterocycles. The summed E-state index contributed by atoms with van der Waals surface area (Å²) >= 11 is 0. The van der Waals surface area contributed by atoms with Gasteiger partial charge in [-0.2, -0.15) is 13.9 Å². The molecule has 0 aliphatic rings. The predicted octanol–water partition coefficient (Wildman–Crippen LogP) is 5.05. The average Bonchev–Trinajstić information content (AvgIpc) is 3.23. The first kappa shape index (κ1) is 22.1. The van der Waals surface area contributed by atoms with Gasteiger partial charge in [0.1, 0.15) is 22.8 Å². The SMILES string of the molecule is O=C(Nc1cc(OCC(F)(F)C(F)F)cc(Oc2ccccc2)c1)c1cnn2cccnc12. The zero-order valence-corrected chi connectivity index (χ0v) is 16.8. The van der Waals surface area contributed by atoms with E-state index in [9.17, 15) is 22.4 Å². The molecule has 7 nitrogen and oxygen atoms in total. The van der Waals surface area contributed by atoms with Crippen LogP contribution in [-0.2, 0) is 0 Å². The summed E-state index contributed by atoms with van der Waals surface area (Å²) in [5, 5.41) is 6.63. The van der Waals surface area contributed by atoms with Crippen molar-refractivity contribution in [1.82, 2.24) is 14.6 Å². The van der Waals surface area contributed by atoms with Gasteiger partial charge in [-0.15, -0.1) is 0 Å². The average molecular weight is 460 g/mol. The summed E-state index contributed by atoms with van der Waals surface area (Å²) in [5.41, 5.74) is 0.593. The summed E-state index contributed by atoms with van der Waals surface area (Å²) in [6, 6.07) is 14.1. The van der Waals surface area contributed by atoms with Gasteiger partial charge in [-0.3, -0.25) is 4.79 Å². The second kappa shape index (κ2) is 9.15. The Balaban J connectivity index is 1.61. The summed E-state index contributed by atoms with van der Waals surface area (Å²) in [6.07, 6.45) is 0.547. The minimum atomic E-state index is -4.34. The van der Waals surface area contributed by atoms with Crippen molar-refractivity contribution >= 4 is 17.2 Å². The molecule has 0 aliphatic carbocycles. The van der Waals surface area contributed by atoms with Crippen LogP contribution in [0.1, 0.15) is 10.4 Å². The highest BCUT2D eigenvalue weighted by Gasteiger charge is 2.41. The fourth-order valence-electron chi connectivity index (χ4n) is 2.84. The number of aromatic nitrogens is 3. The number of hydrogen-bond donors (Lipinski definition) is 1. The van der Waals surface area contributed by atoms with E-state index in [1.165, 1.54) is 35.1 Å². The largest absolute Gasteiger partial charge is 0.487 e. The monoisotopic (exact) mass is 460 g/mol. The van der Waals surface area contributed by atoms with E-state index < -0.39 is 24.9 Å². The van der Waals surface area contributed by atoms with Crippen LogP contribution in [0, 0.1) is 0 Å². The number of carbonyl (C=O) groups is 1. The van der Waals surface area contributed by atoms with E-state index in [1.54, 1.807) is 42.6 Å². The lowest BCUT2D eigenvalue weighted by molar-refractivity contribution is -0.148. The summed E-state index contributed by atoms with van der Waals surface area (Å²) in [5.74, 6) is -4.56. The van der Waals surface area contributed by atoms with Gasteiger partial charge in [-0.05, 0) is 18.2 Å². The van der Waals surface area contributed by atoms with Crippen molar-refractivity contribution in [3.8, 4) is 17.2 Å². The van der Waals surface area contributed by atoms with Crippen molar-refractivity contribution in [3.63, 3.8) is 0 Å². The Hall–Kier alpha value is -4.15. The molecule has 170 valence electrons. The van der Waals surface area contributed by atoms with Crippen molar-refractivity contribution in [3.05, 3.63) is 78.8 Å². The highest BCUT2D eigenvalue weighted by atomic mass is 19.3. The molecule has 2 aromatic carbocycles. The number of carbonyl (C=O) groups excluding carboxylic acids is 1. The first-order chi connectivity index (χ1) is 15.8. The Labute approximate surface area is 184 Å². The Kier molecular flexibility index (Phi) is 6.11. The molecular weight excluding hydrogens is 444 g/mol. The van der Waals surface area contributed by atoms with E-state index in [4.69, 9.17) is 9.47 Å². The molecule has 0 unspecified atom stereocenters. The Morgan fingerprint density at radius 3 is 2.58 bits per heavy atom. The normalized spacial score (nSPS) is 11.5. The maximum atomic E-state index is 13.3. The van der Waals surface area contributed by atoms with Crippen LogP contribution in [0.4, 0.5) is 23.2 Å². The molecule has 4 rings (SSSR count). The van der Waals surface area contributed by atoms with Gasteiger partial charge in [0, 0.05) is 36.3 Å². The molecule has 0 saturated carbocycles. The van der Waals surface area contributed by atoms with Crippen LogP contribution in [0.15, 0.2) is 73.2 Å². The number of para-hydroxylation sites is 1. The first-order valence-corrected chi connectivity index (χ1v) is 9.58. The molecule has 0 atom stereocenters. The van der Waals surface area contributed by atoms with Crippen LogP contribution in [0.25, 0.3) is 5.65 Å². The molecule has 0 radical (unpaired) electrons. The second-order valence-corrected chi connectivity index (χ2v) is 6.86. The number of hydrogen-bond acceptors (Lipinski definition) is 5. The van der Waals surface area contributed by atoms with Gasteiger partial charge in [-0.25, -0.2) is 18.3 Å². The third-order valence-electron chi connectivity index (χ3n) is 4.39. The van der Waals surface area contributed by atoms with Crippen molar-refractivity contribution in [2.24, 2.45) is 0 Å². The van der Waals surface area contributed by atoms with Crippen LogP contribution in [0.5, 0.6) is 17.2 Å². The van der Waals surface area contributed by atoms with E-state index in [-0.39, 0.29) is 22.7 Å². The Morgan fingerprint density at radius 2 is 1.82 bits per heavy atom. The van der Waals surface area contributed by atoms with Crippen LogP contribution < -0.4 is 14.8 Å². The minimum Gasteiger partial charge on any atom is -0.487 e. The molecule has 2 heterocycles. The van der Waals surface area contributed by atoms with E-state index in [2.05, 4.69) is 15.4 Å². The third-order valence-corrected chi connectivity index (χ3v) is 4.39. The smallest absolute Gasteiger partial charge is 0.340 e. The molecular formula is C22H16F4N4O3. The van der Waals surface area contributed by atoms with Gasteiger partial charge in [0.2, 0.25) is 0 Å². The predicted molar refractivity (Wildman–Crippen MR) is 110 cm³/mol. The van der Waals surface area contributed by atoms with E-state index in [1.807, 2.05) is 0 Å². The molecule has 11 heteroatoms. The van der Waals surface area contributed by atoms with E-state index >= 15 is 0 Å². The molecule has 0 saturated heterocycles.